The second-order valence-electron chi connectivity index (χ2n) is 7.54. The molecule has 3 fully saturated rings. The summed E-state index contributed by atoms with van der Waals surface area (Å²) in [6.45, 7) is 5.11. The first-order valence-electron chi connectivity index (χ1n) is 8.54. The fourth-order valence-electron chi connectivity index (χ4n) is 4.19. The lowest BCUT2D eigenvalue weighted by atomic mass is 9.92. The van der Waals surface area contributed by atoms with Crippen LogP contribution in [0.1, 0.15) is 26.2 Å². The molecule has 0 aromatic carbocycles. The first-order valence-corrected chi connectivity index (χ1v) is 9.42. The Hall–Kier alpha value is -1.89. The summed E-state index contributed by atoms with van der Waals surface area (Å²) in [4.78, 5) is 26.2. The molecule has 5 rings (SSSR count). The molecule has 1 saturated carbocycles. The molecule has 0 radical (unpaired) electrons. The van der Waals surface area contributed by atoms with E-state index >= 15 is 0 Å². The lowest BCUT2D eigenvalue weighted by Crippen LogP contribution is -2.51. The number of carboxylic acid groups (broad SMARTS) is 1. The number of fused-ring (bicyclic) bond motifs is 1. The Bertz CT molecular complexity index is 829. The number of thiophene rings is 1. The van der Waals surface area contributed by atoms with E-state index in [0.717, 1.165) is 48.0 Å². The van der Waals surface area contributed by atoms with Gasteiger partial charge in [0.1, 0.15) is 10.6 Å². The van der Waals surface area contributed by atoms with Gasteiger partial charge in [0.05, 0.1) is 5.39 Å². The Balaban J connectivity index is 1.41. The predicted molar refractivity (Wildman–Crippen MR) is 93.8 cm³/mol. The van der Waals surface area contributed by atoms with Crippen LogP contribution < -0.4 is 9.80 Å². The number of carbonyl (C=O) groups is 1. The minimum atomic E-state index is -0.674. The third kappa shape index (κ3) is 2.03. The van der Waals surface area contributed by atoms with Gasteiger partial charge in [-0.2, -0.15) is 4.98 Å². The van der Waals surface area contributed by atoms with E-state index in [2.05, 4.69) is 28.2 Å². The zero-order chi connectivity index (χ0) is 16.5. The average Bonchev–Trinajstić information content (AvgIpc) is 2.98. The molecule has 1 N–H and O–H groups in total. The molecule has 1 spiro atoms. The summed E-state index contributed by atoms with van der Waals surface area (Å²) in [5.74, 6) is 1.55. The Kier molecular flexibility index (Phi) is 2.90. The molecule has 2 aliphatic heterocycles. The molecule has 3 aliphatic rings. The Morgan fingerprint density at radius 3 is 2.96 bits per heavy atom. The highest BCUT2D eigenvalue weighted by molar-refractivity contribution is 7.16. The van der Waals surface area contributed by atoms with Gasteiger partial charge in [0.2, 0.25) is 5.95 Å². The maximum Gasteiger partial charge on any atom is 0.303 e. The van der Waals surface area contributed by atoms with Gasteiger partial charge in [0.15, 0.2) is 0 Å². The molecule has 2 aromatic rings. The van der Waals surface area contributed by atoms with Crippen LogP contribution in [-0.4, -0.2) is 46.7 Å². The van der Waals surface area contributed by atoms with E-state index in [0.29, 0.717) is 18.4 Å². The number of hydrogen-bond donors (Lipinski definition) is 1. The summed E-state index contributed by atoms with van der Waals surface area (Å²) in [6, 6.07) is 2.62. The third-order valence-corrected chi connectivity index (χ3v) is 6.77. The third-order valence-electron chi connectivity index (χ3n) is 5.96. The molecule has 7 heteroatoms. The summed E-state index contributed by atoms with van der Waals surface area (Å²) in [7, 11) is 0. The second kappa shape index (κ2) is 4.81. The van der Waals surface area contributed by atoms with Gasteiger partial charge in [0, 0.05) is 37.5 Å². The van der Waals surface area contributed by atoms with Gasteiger partial charge in [-0.1, -0.05) is 0 Å². The molecule has 2 atom stereocenters. The van der Waals surface area contributed by atoms with Crippen LogP contribution in [0.25, 0.3) is 10.2 Å². The van der Waals surface area contributed by atoms with Crippen LogP contribution in [0.4, 0.5) is 11.8 Å². The van der Waals surface area contributed by atoms with Crippen LogP contribution >= 0.6 is 11.3 Å². The summed E-state index contributed by atoms with van der Waals surface area (Å²) in [6.07, 6.45) is 2.55. The van der Waals surface area contributed by atoms with Crippen molar-refractivity contribution in [3.63, 3.8) is 0 Å². The van der Waals surface area contributed by atoms with Crippen LogP contribution in [-0.2, 0) is 4.79 Å². The number of anilines is 2. The van der Waals surface area contributed by atoms with Gasteiger partial charge >= 0.3 is 5.97 Å². The van der Waals surface area contributed by atoms with Crippen molar-refractivity contribution in [2.45, 2.75) is 32.2 Å². The molecule has 1 unspecified atom stereocenters. The zero-order valence-corrected chi connectivity index (χ0v) is 14.4. The van der Waals surface area contributed by atoms with E-state index in [4.69, 9.17) is 15.1 Å². The minimum Gasteiger partial charge on any atom is -0.481 e. The Morgan fingerprint density at radius 1 is 1.46 bits per heavy atom. The van der Waals surface area contributed by atoms with E-state index in [9.17, 15) is 4.79 Å². The molecular formula is C17H20N4O2S. The van der Waals surface area contributed by atoms with Crippen LogP contribution in [0.5, 0.6) is 0 Å². The Labute approximate surface area is 144 Å². The summed E-state index contributed by atoms with van der Waals surface area (Å²) < 4.78 is 0. The lowest BCUT2D eigenvalue weighted by molar-refractivity contribution is -0.137. The van der Waals surface area contributed by atoms with Crippen molar-refractivity contribution in [1.82, 2.24) is 9.97 Å². The molecule has 2 aromatic heterocycles. The number of hydrogen-bond acceptors (Lipinski definition) is 6. The standard InChI is InChI=1S/C17H20N4O2S/c1-10-2-4-21(10)16-18-14(12-3-5-24-15(12)19-16)20-8-17(9-20)7-11(17)6-13(22)23/h3,5,10-11H,2,4,6-9H2,1H3,(H,22,23)/t10-,11?/m0/s1. The molecule has 24 heavy (non-hydrogen) atoms. The van der Waals surface area contributed by atoms with Gasteiger partial charge in [-0.05, 0) is 37.1 Å². The molecule has 2 saturated heterocycles. The second-order valence-corrected chi connectivity index (χ2v) is 8.43. The van der Waals surface area contributed by atoms with Gasteiger partial charge in [-0.25, -0.2) is 4.98 Å². The van der Waals surface area contributed by atoms with E-state index in [-0.39, 0.29) is 5.41 Å². The van der Waals surface area contributed by atoms with Gasteiger partial charge < -0.3 is 14.9 Å². The summed E-state index contributed by atoms with van der Waals surface area (Å²) in [5, 5.41) is 12.2. The van der Waals surface area contributed by atoms with Crippen LogP contribution in [0.2, 0.25) is 0 Å². The fourth-order valence-corrected chi connectivity index (χ4v) is 4.95. The maximum absolute atomic E-state index is 10.9. The number of rotatable bonds is 4. The predicted octanol–water partition coefficient (Wildman–Crippen LogP) is 2.59. The lowest BCUT2D eigenvalue weighted by Gasteiger charge is -2.43. The molecular weight excluding hydrogens is 324 g/mol. The van der Waals surface area contributed by atoms with Crippen LogP contribution in [0, 0.1) is 11.3 Å². The smallest absolute Gasteiger partial charge is 0.303 e. The molecule has 6 nitrogen and oxygen atoms in total. The van der Waals surface area contributed by atoms with Crippen molar-refractivity contribution >= 4 is 39.3 Å². The van der Waals surface area contributed by atoms with E-state index < -0.39 is 5.97 Å². The molecule has 1 aliphatic carbocycles. The SMILES string of the molecule is C[C@H]1CCN1c1nc(N2CC3(CC3CC(=O)O)C2)c2ccsc2n1. The quantitative estimate of drug-likeness (QED) is 0.919. The zero-order valence-electron chi connectivity index (χ0n) is 13.6. The summed E-state index contributed by atoms with van der Waals surface area (Å²) >= 11 is 1.66. The van der Waals surface area contributed by atoms with Crippen molar-refractivity contribution < 1.29 is 9.90 Å². The fraction of sp³-hybridized carbons (Fsp3) is 0.588. The van der Waals surface area contributed by atoms with Crippen LogP contribution in [0.3, 0.4) is 0 Å². The van der Waals surface area contributed by atoms with E-state index in [1.807, 2.05) is 0 Å². The Morgan fingerprint density at radius 2 is 2.29 bits per heavy atom. The largest absolute Gasteiger partial charge is 0.481 e. The van der Waals surface area contributed by atoms with Crippen molar-refractivity contribution in [1.29, 1.82) is 0 Å². The number of aliphatic carboxylic acids is 1. The van der Waals surface area contributed by atoms with E-state index in [1.165, 1.54) is 6.42 Å². The van der Waals surface area contributed by atoms with Crippen LogP contribution in [0.15, 0.2) is 11.4 Å². The highest BCUT2D eigenvalue weighted by Crippen LogP contribution is 2.61. The van der Waals surface area contributed by atoms with Gasteiger partial charge in [-0.15, -0.1) is 11.3 Å². The first-order chi connectivity index (χ1) is 11.6. The minimum absolute atomic E-state index is 0.232. The molecule has 126 valence electrons. The normalized spacial score (nSPS) is 27.2. The first kappa shape index (κ1) is 14.5. The monoisotopic (exact) mass is 344 g/mol. The highest BCUT2D eigenvalue weighted by atomic mass is 32.1. The van der Waals surface area contributed by atoms with Crippen molar-refractivity contribution in [3.8, 4) is 0 Å². The summed E-state index contributed by atoms with van der Waals surface area (Å²) in [5.41, 5.74) is 0.232. The van der Waals surface area contributed by atoms with Gasteiger partial charge in [-0.3, -0.25) is 4.79 Å². The topological polar surface area (TPSA) is 69.6 Å². The number of carboxylic acids is 1. The van der Waals surface area contributed by atoms with Crippen molar-refractivity contribution in [2.24, 2.45) is 11.3 Å². The van der Waals surface area contributed by atoms with Crippen molar-refractivity contribution in [2.75, 3.05) is 29.4 Å². The average molecular weight is 344 g/mol. The number of aromatic nitrogens is 2. The van der Waals surface area contributed by atoms with E-state index in [1.54, 1.807) is 11.3 Å². The molecule has 0 amide bonds. The van der Waals surface area contributed by atoms with Gasteiger partial charge in [0.25, 0.3) is 0 Å². The highest BCUT2D eigenvalue weighted by Gasteiger charge is 2.62. The molecule has 0 bridgehead atoms. The van der Waals surface area contributed by atoms with Crippen molar-refractivity contribution in [3.05, 3.63) is 11.4 Å². The molecule has 4 heterocycles. The number of nitrogens with zero attached hydrogens (tertiary/aromatic N) is 4. The maximum atomic E-state index is 10.9.